The maximum atomic E-state index is 9.34. The molecular formula is C19H19N9. The highest BCUT2D eigenvalue weighted by Crippen LogP contribution is 2.16. The van der Waals surface area contributed by atoms with E-state index in [1.54, 1.807) is 20.8 Å². The van der Waals surface area contributed by atoms with Crippen molar-refractivity contribution in [3.8, 4) is 18.2 Å². The SMILES string of the molecule is C/C=C(C#N)/N=C(/C=N/C)C(=N)C1C=NC(C)=C(C#N)N=C1/C(C)=N/CC#N. The minimum Gasteiger partial charge on any atom is -0.302 e. The zero-order chi connectivity index (χ0) is 21.1. The highest BCUT2D eigenvalue weighted by molar-refractivity contribution is 6.68. The summed E-state index contributed by atoms with van der Waals surface area (Å²) < 4.78 is 0. The normalized spacial score (nSPS) is 18.2. The van der Waals surface area contributed by atoms with Crippen LogP contribution >= 0.6 is 0 Å². The predicted molar refractivity (Wildman–Crippen MR) is 110 cm³/mol. The molecule has 9 heteroatoms. The second kappa shape index (κ2) is 10.8. The van der Waals surface area contributed by atoms with Gasteiger partial charge in [0.2, 0.25) is 0 Å². The van der Waals surface area contributed by atoms with Gasteiger partial charge >= 0.3 is 0 Å². The molecule has 9 nitrogen and oxygen atoms in total. The van der Waals surface area contributed by atoms with Crippen molar-refractivity contribution in [1.29, 1.82) is 21.2 Å². The molecule has 0 saturated heterocycles. The van der Waals surface area contributed by atoms with Gasteiger partial charge in [-0.05, 0) is 20.8 Å². The number of nitrogens with one attached hydrogen (secondary N) is 1. The van der Waals surface area contributed by atoms with Crippen molar-refractivity contribution in [3.05, 3.63) is 23.2 Å². The van der Waals surface area contributed by atoms with E-state index < -0.39 is 5.92 Å². The third-order valence-electron chi connectivity index (χ3n) is 3.62. The molecule has 1 aliphatic rings. The summed E-state index contributed by atoms with van der Waals surface area (Å²) in [5.41, 5.74) is 1.50. The molecule has 0 bridgehead atoms. The average Bonchev–Trinajstić information content (AvgIpc) is 2.87. The second-order valence-electron chi connectivity index (χ2n) is 5.44. The second-order valence-corrected chi connectivity index (χ2v) is 5.44. The fourth-order valence-corrected chi connectivity index (χ4v) is 2.17. The predicted octanol–water partition coefficient (Wildman–Crippen LogP) is 2.46. The Kier molecular flexibility index (Phi) is 8.53. The quantitative estimate of drug-likeness (QED) is 0.431. The molecule has 1 heterocycles. The summed E-state index contributed by atoms with van der Waals surface area (Å²) in [6.07, 6.45) is 4.37. The Morgan fingerprint density at radius 1 is 1.36 bits per heavy atom. The number of nitriles is 3. The van der Waals surface area contributed by atoms with Gasteiger partial charge in [-0.15, -0.1) is 0 Å². The van der Waals surface area contributed by atoms with E-state index in [1.807, 2.05) is 18.2 Å². The monoisotopic (exact) mass is 373 g/mol. The van der Waals surface area contributed by atoms with E-state index in [0.29, 0.717) is 17.1 Å². The average molecular weight is 373 g/mol. The first-order chi connectivity index (χ1) is 13.4. The van der Waals surface area contributed by atoms with Gasteiger partial charge in [-0.3, -0.25) is 15.0 Å². The maximum absolute atomic E-state index is 9.34. The first-order valence-corrected chi connectivity index (χ1v) is 8.21. The third-order valence-corrected chi connectivity index (χ3v) is 3.62. The maximum Gasteiger partial charge on any atom is 0.161 e. The summed E-state index contributed by atoms with van der Waals surface area (Å²) in [5, 5.41) is 35.9. The van der Waals surface area contributed by atoms with Gasteiger partial charge in [-0.2, -0.15) is 15.8 Å². The number of hydrogen-bond acceptors (Lipinski definition) is 9. The first kappa shape index (κ1) is 22.0. The van der Waals surface area contributed by atoms with Crippen molar-refractivity contribution in [2.75, 3.05) is 13.6 Å². The lowest BCUT2D eigenvalue weighted by Gasteiger charge is -2.15. The van der Waals surface area contributed by atoms with Crippen LogP contribution in [-0.2, 0) is 0 Å². The number of nitrogens with zero attached hydrogens (tertiary/aromatic N) is 8. The van der Waals surface area contributed by atoms with Gasteiger partial charge in [0, 0.05) is 19.5 Å². The number of rotatable bonds is 6. The molecular weight excluding hydrogens is 354 g/mol. The molecule has 0 aromatic heterocycles. The van der Waals surface area contributed by atoms with Gasteiger partial charge in [0.15, 0.2) is 5.70 Å². The minimum atomic E-state index is -0.781. The lowest BCUT2D eigenvalue weighted by Crippen LogP contribution is -2.35. The molecule has 0 radical (unpaired) electrons. The van der Waals surface area contributed by atoms with Crippen LogP contribution in [0.25, 0.3) is 0 Å². The van der Waals surface area contributed by atoms with Crippen LogP contribution in [0, 0.1) is 45.3 Å². The Bertz CT molecular complexity index is 980. The van der Waals surface area contributed by atoms with Crippen molar-refractivity contribution in [2.24, 2.45) is 30.9 Å². The molecule has 1 aliphatic heterocycles. The highest BCUT2D eigenvalue weighted by Gasteiger charge is 2.27. The molecule has 0 aromatic rings. The molecule has 140 valence electrons. The van der Waals surface area contributed by atoms with E-state index in [9.17, 15) is 5.26 Å². The fourth-order valence-electron chi connectivity index (χ4n) is 2.17. The Morgan fingerprint density at radius 2 is 2.07 bits per heavy atom. The van der Waals surface area contributed by atoms with E-state index >= 15 is 0 Å². The summed E-state index contributed by atoms with van der Waals surface area (Å²) in [6, 6.07) is 5.83. The standard InChI is InChI=1S/C19H19N9/c1-5-14(8-21)27-17(11-24-4)18(23)15-10-26-12(2)16(9-22)28-19(15)13(3)25-7-6-20/h5,10-11,15,23H,7H2,1-4H3/b14-5+,23-18?,24-11+,25-13+,27-17-. The lowest BCUT2D eigenvalue weighted by molar-refractivity contribution is 1.21. The number of hydrogen-bond donors (Lipinski definition) is 1. The van der Waals surface area contributed by atoms with Crippen LogP contribution in [-0.4, -0.2) is 48.9 Å². The molecule has 0 spiro atoms. The first-order valence-electron chi connectivity index (χ1n) is 8.21. The zero-order valence-electron chi connectivity index (χ0n) is 16.1. The minimum absolute atomic E-state index is 0.0128. The van der Waals surface area contributed by atoms with Crippen LogP contribution in [0.5, 0.6) is 0 Å². The Balaban J connectivity index is 3.60. The third kappa shape index (κ3) is 5.48. The smallest absolute Gasteiger partial charge is 0.161 e. The number of allylic oxidation sites excluding steroid dienone is 4. The van der Waals surface area contributed by atoms with Crippen molar-refractivity contribution in [1.82, 2.24) is 0 Å². The molecule has 1 atom stereocenters. The lowest BCUT2D eigenvalue weighted by atomic mass is 9.92. The van der Waals surface area contributed by atoms with Crippen LogP contribution in [0.4, 0.5) is 0 Å². The summed E-state index contributed by atoms with van der Waals surface area (Å²) in [5.74, 6) is -0.781. The van der Waals surface area contributed by atoms with E-state index in [0.717, 1.165) is 0 Å². The summed E-state index contributed by atoms with van der Waals surface area (Å²) in [7, 11) is 1.53. The number of aliphatic imine (C=N–C) groups is 5. The van der Waals surface area contributed by atoms with Gasteiger partial charge in [0.1, 0.15) is 30.1 Å². The van der Waals surface area contributed by atoms with E-state index in [1.165, 1.54) is 25.6 Å². The Labute approximate surface area is 163 Å². The molecule has 28 heavy (non-hydrogen) atoms. The molecule has 1 rings (SSSR count). The van der Waals surface area contributed by atoms with Gasteiger partial charge in [-0.25, -0.2) is 9.98 Å². The topological polar surface area (TPSA) is 157 Å². The Morgan fingerprint density at radius 3 is 2.61 bits per heavy atom. The van der Waals surface area contributed by atoms with Crippen LogP contribution in [0.2, 0.25) is 0 Å². The van der Waals surface area contributed by atoms with Crippen molar-refractivity contribution in [2.45, 2.75) is 20.8 Å². The summed E-state index contributed by atoms with van der Waals surface area (Å²) >= 11 is 0. The summed E-state index contributed by atoms with van der Waals surface area (Å²) in [4.78, 5) is 20.8. The van der Waals surface area contributed by atoms with Crippen molar-refractivity contribution >= 4 is 35.3 Å². The van der Waals surface area contributed by atoms with E-state index in [4.69, 9.17) is 15.9 Å². The van der Waals surface area contributed by atoms with Gasteiger partial charge in [-0.1, -0.05) is 6.08 Å². The molecule has 0 aromatic carbocycles. The molecule has 0 saturated carbocycles. The molecule has 0 amide bonds. The zero-order valence-corrected chi connectivity index (χ0v) is 16.1. The van der Waals surface area contributed by atoms with Crippen LogP contribution in [0.1, 0.15) is 20.8 Å². The van der Waals surface area contributed by atoms with Crippen LogP contribution in [0.15, 0.2) is 48.1 Å². The van der Waals surface area contributed by atoms with Crippen LogP contribution in [0.3, 0.4) is 0 Å². The largest absolute Gasteiger partial charge is 0.302 e. The molecule has 0 fully saturated rings. The van der Waals surface area contributed by atoms with E-state index in [-0.39, 0.29) is 29.4 Å². The molecule has 1 unspecified atom stereocenters. The van der Waals surface area contributed by atoms with Crippen LogP contribution < -0.4 is 0 Å². The Hall–Kier alpha value is -4.03. The summed E-state index contributed by atoms with van der Waals surface area (Å²) in [6.45, 7) is 4.87. The van der Waals surface area contributed by atoms with Gasteiger partial charge in [0.25, 0.3) is 0 Å². The van der Waals surface area contributed by atoms with Crippen molar-refractivity contribution in [3.63, 3.8) is 0 Å². The van der Waals surface area contributed by atoms with Crippen molar-refractivity contribution < 1.29 is 0 Å². The van der Waals surface area contributed by atoms with E-state index in [2.05, 4.69) is 25.0 Å². The molecule has 0 aliphatic carbocycles. The fraction of sp³-hybridized carbons (Fsp3) is 0.316. The van der Waals surface area contributed by atoms with Gasteiger partial charge in [0.05, 0.1) is 34.8 Å². The molecule has 1 N–H and O–H groups in total. The highest BCUT2D eigenvalue weighted by atomic mass is 14.9. The van der Waals surface area contributed by atoms with Gasteiger partial charge < -0.3 is 5.41 Å².